The summed E-state index contributed by atoms with van der Waals surface area (Å²) in [5.41, 5.74) is 2.46. The molecule has 150 valence electrons. The minimum absolute atomic E-state index is 0.196. The van der Waals surface area contributed by atoms with Crippen LogP contribution >= 0.6 is 22.9 Å². The van der Waals surface area contributed by atoms with E-state index in [0.29, 0.717) is 39.7 Å². The highest BCUT2D eigenvalue weighted by atomic mass is 35.5. The molecule has 0 fully saturated rings. The summed E-state index contributed by atoms with van der Waals surface area (Å²) < 4.78 is 23.5. The third kappa shape index (κ3) is 4.72. The second-order valence-electron chi connectivity index (χ2n) is 6.42. The molecule has 2 aromatic heterocycles. The van der Waals surface area contributed by atoms with Crippen molar-refractivity contribution in [3.63, 3.8) is 0 Å². The van der Waals surface area contributed by atoms with Crippen molar-refractivity contribution in [2.24, 2.45) is 0 Å². The van der Waals surface area contributed by atoms with Crippen LogP contribution in [0.3, 0.4) is 0 Å². The van der Waals surface area contributed by atoms with E-state index in [1.165, 1.54) is 18.4 Å². The second-order valence-corrected chi connectivity index (χ2v) is 9.71. The van der Waals surface area contributed by atoms with Crippen molar-refractivity contribution in [3.8, 4) is 22.3 Å². The molecule has 1 aromatic carbocycles. The van der Waals surface area contributed by atoms with Crippen molar-refractivity contribution in [1.29, 1.82) is 0 Å². The summed E-state index contributed by atoms with van der Waals surface area (Å²) in [4.78, 5) is 21.5. The Hall–Kier alpha value is -2.13. The summed E-state index contributed by atoms with van der Waals surface area (Å²) in [6.07, 6.45) is 0.812. The molecule has 0 saturated heterocycles. The van der Waals surface area contributed by atoms with Crippen LogP contribution in [0.1, 0.15) is 16.8 Å². The highest BCUT2D eigenvalue weighted by molar-refractivity contribution is 7.90. The zero-order chi connectivity index (χ0) is 20.4. The minimum atomic E-state index is -0.958. The number of hydrogen-bond donors (Lipinski definition) is 0. The molecule has 29 heavy (non-hydrogen) atoms. The number of nitrogens with zero attached hydrogens (tertiary/aromatic N) is 2. The highest BCUT2D eigenvalue weighted by Crippen LogP contribution is 2.35. The predicted molar refractivity (Wildman–Crippen MR) is 113 cm³/mol. The van der Waals surface area contributed by atoms with Crippen LogP contribution in [0.5, 0.6) is 11.6 Å². The summed E-state index contributed by atoms with van der Waals surface area (Å²) in [6.45, 7) is 0. The van der Waals surface area contributed by atoms with E-state index in [1.54, 1.807) is 30.3 Å². The number of aryl methyl sites for hydroxylation is 1. The number of fused-ring (bicyclic) bond motifs is 1. The van der Waals surface area contributed by atoms with Crippen molar-refractivity contribution in [2.75, 3.05) is 12.9 Å². The maximum absolute atomic E-state index is 12.1. The van der Waals surface area contributed by atoms with Gasteiger partial charge in [0.1, 0.15) is 17.3 Å². The normalized spacial score (nSPS) is 15.6. The molecule has 4 rings (SSSR count). The van der Waals surface area contributed by atoms with Crippen molar-refractivity contribution < 1.29 is 18.8 Å². The number of hydrogen-bond acceptors (Lipinski definition) is 7. The van der Waals surface area contributed by atoms with Gasteiger partial charge < -0.3 is 14.0 Å². The van der Waals surface area contributed by atoms with Gasteiger partial charge in [0, 0.05) is 6.42 Å². The molecule has 1 unspecified atom stereocenters. The maximum atomic E-state index is 12.1. The van der Waals surface area contributed by atoms with Crippen LogP contribution in [0, 0.1) is 0 Å². The Morgan fingerprint density at radius 2 is 2.03 bits per heavy atom. The molecule has 0 spiro atoms. The van der Waals surface area contributed by atoms with E-state index in [1.807, 2.05) is 6.07 Å². The molecular weight excluding hydrogens is 432 g/mol. The van der Waals surface area contributed by atoms with Gasteiger partial charge in [0.25, 0.3) is 0 Å². The summed E-state index contributed by atoms with van der Waals surface area (Å²) in [5.74, 6) is 2.18. The molecule has 6 nitrogen and oxygen atoms in total. The molecule has 0 saturated carbocycles. The molecule has 1 atom stereocenters. The van der Waals surface area contributed by atoms with Crippen LogP contribution in [-0.4, -0.2) is 33.4 Å². The van der Waals surface area contributed by atoms with E-state index in [9.17, 15) is 9.35 Å². The van der Waals surface area contributed by atoms with Crippen LogP contribution in [0.25, 0.3) is 10.7 Å². The lowest BCUT2D eigenvalue weighted by Crippen LogP contribution is -2.21. The Labute approximate surface area is 180 Å². The van der Waals surface area contributed by atoms with E-state index in [-0.39, 0.29) is 12.4 Å². The first-order valence-electron chi connectivity index (χ1n) is 8.86. The van der Waals surface area contributed by atoms with Gasteiger partial charge in [-0.05, 0) is 41.0 Å². The molecule has 0 amide bonds. The van der Waals surface area contributed by atoms with Crippen LogP contribution in [0.4, 0.5) is 0 Å². The first kappa shape index (κ1) is 20.2. The molecule has 1 aliphatic rings. The number of esters is 1. The number of carbonyl (C=O) groups is 1. The first-order valence-corrected chi connectivity index (χ1v) is 11.5. The lowest BCUT2D eigenvalue weighted by Gasteiger charge is -2.21. The molecule has 1 aliphatic heterocycles. The molecule has 0 aliphatic carbocycles. The topological polar surface area (TPSA) is 84.4 Å². The molecule has 3 aromatic rings. The monoisotopic (exact) mass is 448 g/mol. The number of methoxy groups -OCH3 is 1. The van der Waals surface area contributed by atoms with Gasteiger partial charge in [-0.3, -0.25) is 4.79 Å². The Morgan fingerprint density at radius 3 is 2.72 bits per heavy atom. The van der Waals surface area contributed by atoms with E-state index >= 15 is 0 Å². The molecule has 9 heteroatoms. The lowest BCUT2D eigenvalue weighted by molar-refractivity contribution is -0.139. The van der Waals surface area contributed by atoms with Gasteiger partial charge in [0.05, 0.1) is 34.0 Å². The molecule has 0 radical (unpaired) electrons. The van der Waals surface area contributed by atoms with Crippen LogP contribution in [-0.2, 0) is 39.3 Å². The quantitative estimate of drug-likeness (QED) is 0.430. The zero-order valence-electron chi connectivity index (χ0n) is 15.5. The van der Waals surface area contributed by atoms with Crippen LogP contribution in [0.2, 0.25) is 4.34 Å². The summed E-state index contributed by atoms with van der Waals surface area (Å²) in [5, 5.41) is 0. The average molecular weight is 449 g/mol. The molecule has 0 bridgehead atoms. The SMILES string of the molecule is COC(=O)Cc1ccc(Oc2nc(-c3ccc(Cl)s3)nc3c2C[S+]([O-])CC3)cc1. The lowest BCUT2D eigenvalue weighted by atomic mass is 10.1. The Balaban J connectivity index is 1.65. The Bertz CT molecular complexity index is 1040. The summed E-state index contributed by atoms with van der Waals surface area (Å²) in [7, 11) is 1.36. The van der Waals surface area contributed by atoms with E-state index in [4.69, 9.17) is 16.3 Å². The van der Waals surface area contributed by atoms with Crippen molar-refractivity contribution in [1.82, 2.24) is 9.97 Å². The van der Waals surface area contributed by atoms with Gasteiger partial charge in [-0.15, -0.1) is 11.3 Å². The van der Waals surface area contributed by atoms with Crippen LogP contribution in [0.15, 0.2) is 36.4 Å². The number of halogens is 1. The largest absolute Gasteiger partial charge is 0.616 e. The maximum Gasteiger partial charge on any atom is 0.309 e. The van der Waals surface area contributed by atoms with Gasteiger partial charge in [-0.2, -0.15) is 4.98 Å². The number of aromatic nitrogens is 2. The first-order chi connectivity index (χ1) is 14.0. The highest BCUT2D eigenvalue weighted by Gasteiger charge is 2.27. The smallest absolute Gasteiger partial charge is 0.309 e. The van der Waals surface area contributed by atoms with E-state index < -0.39 is 11.2 Å². The molecule has 0 N–H and O–H groups in total. The van der Waals surface area contributed by atoms with Gasteiger partial charge in [0.15, 0.2) is 5.82 Å². The van der Waals surface area contributed by atoms with Crippen molar-refractivity contribution in [2.45, 2.75) is 18.6 Å². The predicted octanol–water partition coefficient (Wildman–Crippen LogP) is 4.17. The van der Waals surface area contributed by atoms with Gasteiger partial charge in [-0.1, -0.05) is 23.7 Å². The summed E-state index contributed by atoms with van der Waals surface area (Å²) >= 11 is 6.50. The molecule has 3 heterocycles. The number of thiophene rings is 1. The Kier molecular flexibility index (Phi) is 6.05. The number of carbonyl (C=O) groups excluding carboxylic acids is 1. The number of benzene rings is 1. The average Bonchev–Trinajstić information content (AvgIpc) is 3.16. The molecular formula is C20H17ClN2O4S2. The third-order valence-corrected chi connectivity index (χ3v) is 6.93. The zero-order valence-corrected chi connectivity index (χ0v) is 17.9. The van der Waals surface area contributed by atoms with Crippen molar-refractivity contribution in [3.05, 3.63) is 57.6 Å². The standard InChI is InChI=1S/C20H17ClN2O4S2/c1-26-18(24)10-12-2-4-13(5-3-12)27-20-14-11-29(25)9-8-15(14)22-19(23-20)16-6-7-17(21)28-16/h2-7H,8-11H2,1H3. The van der Waals surface area contributed by atoms with Gasteiger partial charge >= 0.3 is 5.97 Å². The fourth-order valence-electron chi connectivity index (χ4n) is 2.96. The van der Waals surface area contributed by atoms with Gasteiger partial charge in [0.2, 0.25) is 5.88 Å². The van der Waals surface area contributed by atoms with Crippen molar-refractivity contribution >= 4 is 40.1 Å². The minimum Gasteiger partial charge on any atom is -0.616 e. The Morgan fingerprint density at radius 1 is 1.24 bits per heavy atom. The van der Waals surface area contributed by atoms with E-state index in [2.05, 4.69) is 14.7 Å². The van der Waals surface area contributed by atoms with E-state index in [0.717, 1.165) is 21.7 Å². The third-order valence-electron chi connectivity index (χ3n) is 4.43. The summed E-state index contributed by atoms with van der Waals surface area (Å²) in [6, 6.07) is 10.8. The van der Waals surface area contributed by atoms with Gasteiger partial charge in [-0.25, -0.2) is 4.98 Å². The second kappa shape index (κ2) is 8.71. The number of ether oxygens (including phenoxy) is 2. The fraction of sp³-hybridized carbons (Fsp3) is 0.250. The fourth-order valence-corrected chi connectivity index (χ4v) is 5.11. The van der Waals surface area contributed by atoms with Crippen LogP contribution < -0.4 is 4.74 Å². The number of rotatable bonds is 5.